The molecule has 5 heteroatoms. The molecule has 0 unspecified atom stereocenters. The molecule has 0 radical (unpaired) electrons. The third-order valence-electron chi connectivity index (χ3n) is 10.0. The largest absolute Gasteiger partial charge is 0.478 e. The molecule has 53 heavy (non-hydrogen) atoms. The van der Waals surface area contributed by atoms with Gasteiger partial charge in [-0.15, -0.1) is 0 Å². The minimum Gasteiger partial charge on any atom is -0.270 e. The molecule has 0 fully saturated rings. The molecule has 0 spiro atoms. The quantitative estimate of drug-likeness (QED) is 0.0829. The van der Waals surface area contributed by atoms with Crippen LogP contribution < -0.4 is 0 Å². The van der Waals surface area contributed by atoms with E-state index >= 15 is 4.57 Å². The maximum Gasteiger partial charge on any atom is 0.478 e. The molecule has 272 valence electrons. The Hall–Kier alpha value is -4.57. The fourth-order valence-electron chi connectivity index (χ4n) is 7.75. The standard InChI is InChI=1S/C48H51O4P/c1-4-37-46(40-25-13-7-14-26-40,41-27-15-8-16-28-41)50-53(49,51-47(38-5-2,42-29-17-9-18-30-42)43-31-19-10-20-32-43)52-48(39-6-3,44-33-21-11-22-34-44)45-35-23-12-24-36-45/h7-36H,4-6,37-39H2,1-3H3. The van der Waals surface area contributed by atoms with Gasteiger partial charge >= 0.3 is 7.82 Å². The molecule has 6 aromatic carbocycles. The van der Waals surface area contributed by atoms with Crippen molar-refractivity contribution in [1.82, 2.24) is 0 Å². The lowest BCUT2D eigenvalue weighted by Gasteiger charge is -2.45. The van der Waals surface area contributed by atoms with Crippen molar-refractivity contribution < 1.29 is 18.1 Å². The highest BCUT2D eigenvalue weighted by Crippen LogP contribution is 2.66. The highest BCUT2D eigenvalue weighted by molar-refractivity contribution is 7.48. The summed E-state index contributed by atoms with van der Waals surface area (Å²) in [6.07, 6.45) is 3.85. The van der Waals surface area contributed by atoms with E-state index in [1.54, 1.807) is 0 Å². The summed E-state index contributed by atoms with van der Waals surface area (Å²) >= 11 is 0. The molecular weight excluding hydrogens is 671 g/mol. The normalized spacial score (nSPS) is 12.4. The molecule has 4 nitrogen and oxygen atoms in total. The zero-order valence-electron chi connectivity index (χ0n) is 31.1. The average Bonchev–Trinajstić information content (AvgIpc) is 3.22. The number of phosphoric ester groups is 1. The van der Waals surface area contributed by atoms with Crippen LogP contribution in [0.1, 0.15) is 92.7 Å². The predicted octanol–water partition coefficient (Wildman–Crippen LogP) is 13.4. The van der Waals surface area contributed by atoms with Gasteiger partial charge in [-0.25, -0.2) is 4.57 Å². The summed E-state index contributed by atoms with van der Waals surface area (Å²) in [7, 11) is -4.67. The van der Waals surface area contributed by atoms with Crippen molar-refractivity contribution in [3.8, 4) is 0 Å². The van der Waals surface area contributed by atoms with Gasteiger partial charge in [0.05, 0.1) is 0 Å². The number of benzene rings is 6. The fourth-order valence-corrected chi connectivity index (χ4v) is 9.91. The second-order valence-corrected chi connectivity index (χ2v) is 15.1. The van der Waals surface area contributed by atoms with E-state index in [1.165, 1.54) is 0 Å². The van der Waals surface area contributed by atoms with E-state index in [0.29, 0.717) is 19.3 Å². The van der Waals surface area contributed by atoms with Crippen molar-refractivity contribution in [2.45, 2.75) is 76.1 Å². The molecule has 6 rings (SSSR count). The van der Waals surface area contributed by atoms with Crippen LogP contribution in [-0.2, 0) is 34.9 Å². The third kappa shape index (κ3) is 8.17. The van der Waals surface area contributed by atoms with Gasteiger partial charge in [0.25, 0.3) is 0 Å². The topological polar surface area (TPSA) is 44.8 Å². The molecule has 0 saturated heterocycles. The van der Waals surface area contributed by atoms with Gasteiger partial charge in [0.2, 0.25) is 0 Å². The molecule has 0 N–H and O–H groups in total. The molecule has 0 atom stereocenters. The Morgan fingerprint density at radius 1 is 0.340 bits per heavy atom. The van der Waals surface area contributed by atoms with Crippen LogP contribution in [-0.4, -0.2) is 0 Å². The van der Waals surface area contributed by atoms with Crippen molar-refractivity contribution in [2.24, 2.45) is 0 Å². The van der Waals surface area contributed by atoms with Crippen LogP contribution >= 0.6 is 7.82 Å². The van der Waals surface area contributed by atoms with Crippen molar-refractivity contribution in [3.05, 3.63) is 215 Å². The lowest BCUT2D eigenvalue weighted by atomic mass is 9.83. The molecule has 0 amide bonds. The van der Waals surface area contributed by atoms with Crippen LogP contribution in [0.2, 0.25) is 0 Å². The first-order chi connectivity index (χ1) is 25.9. The van der Waals surface area contributed by atoms with Gasteiger partial charge < -0.3 is 0 Å². The van der Waals surface area contributed by atoms with Gasteiger partial charge in [0.1, 0.15) is 16.8 Å². The predicted molar refractivity (Wildman–Crippen MR) is 217 cm³/mol. The zero-order chi connectivity index (χ0) is 37.0. The lowest BCUT2D eigenvalue weighted by molar-refractivity contribution is -0.0501. The maximum atomic E-state index is 16.9. The molecule has 0 aliphatic carbocycles. The summed E-state index contributed by atoms with van der Waals surface area (Å²) in [6.45, 7) is 6.38. The summed E-state index contributed by atoms with van der Waals surface area (Å²) in [4.78, 5) is 0. The van der Waals surface area contributed by atoms with Gasteiger partial charge in [-0.05, 0) is 52.6 Å². The highest BCUT2D eigenvalue weighted by Gasteiger charge is 2.53. The van der Waals surface area contributed by atoms with Crippen LogP contribution in [0.15, 0.2) is 182 Å². The van der Waals surface area contributed by atoms with Crippen LogP contribution in [0.5, 0.6) is 0 Å². The minimum atomic E-state index is -4.67. The van der Waals surface area contributed by atoms with Crippen LogP contribution in [0.4, 0.5) is 0 Å². The molecule has 0 bridgehead atoms. The third-order valence-corrected chi connectivity index (χ3v) is 11.7. The van der Waals surface area contributed by atoms with E-state index < -0.39 is 24.6 Å². The van der Waals surface area contributed by atoms with Crippen LogP contribution in [0.25, 0.3) is 0 Å². The number of hydrogen-bond acceptors (Lipinski definition) is 4. The Bertz CT molecular complexity index is 1650. The van der Waals surface area contributed by atoms with Crippen molar-refractivity contribution >= 4 is 7.82 Å². The first-order valence-corrected chi connectivity index (χ1v) is 20.4. The Balaban J connectivity index is 1.68. The number of hydrogen-bond donors (Lipinski definition) is 0. The molecule has 0 aromatic heterocycles. The van der Waals surface area contributed by atoms with Crippen molar-refractivity contribution in [2.75, 3.05) is 0 Å². The molecule has 6 aromatic rings. The smallest absolute Gasteiger partial charge is 0.270 e. The molecular formula is C48H51O4P. The van der Waals surface area contributed by atoms with E-state index in [1.807, 2.05) is 182 Å². The summed E-state index contributed by atoms with van der Waals surface area (Å²) in [6, 6.07) is 60.6. The number of rotatable bonds is 18. The Labute approximate surface area is 316 Å². The average molecular weight is 723 g/mol. The fraction of sp³-hybridized carbons (Fsp3) is 0.250. The number of phosphoric acid groups is 1. The van der Waals surface area contributed by atoms with Gasteiger partial charge in [0.15, 0.2) is 0 Å². The molecule has 0 saturated carbocycles. The molecule has 0 aliphatic rings. The Morgan fingerprint density at radius 3 is 0.660 bits per heavy atom. The highest BCUT2D eigenvalue weighted by atomic mass is 31.2. The van der Waals surface area contributed by atoms with E-state index in [4.69, 9.17) is 13.6 Å². The van der Waals surface area contributed by atoms with Gasteiger partial charge in [-0.1, -0.05) is 222 Å². The van der Waals surface area contributed by atoms with E-state index in [0.717, 1.165) is 52.6 Å². The van der Waals surface area contributed by atoms with Crippen molar-refractivity contribution in [1.29, 1.82) is 0 Å². The van der Waals surface area contributed by atoms with Crippen LogP contribution in [0.3, 0.4) is 0 Å². The molecule has 0 heterocycles. The maximum absolute atomic E-state index is 16.9. The Kier molecular flexibility index (Phi) is 12.6. The van der Waals surface area contributed by atoms with E-state index in [9.17, 15) is 0 Å². The monoisotopic (exact) mass is 722 g/mol. The van der Waals surface area contributed by atoms with Gasteiger partial charge in [0, 0.05) is 0 Å². The first kappa shape index (κ1) is 38.2. The summed E-state index contributed by atoms with van der Waals surface area (Å²) in [5.41, 5.74) is 1.73. The SMILES string of the molecule is CCCC(OP(=O)(OC(CCC)(c1ccccc1)c1ccccc1)OC(CCC)(c1ccccc1)c1ccccc1)(c1ccccc1)c1ccccc1. The first-order valence-electron chi connectivity index (χ1n) is 19.0. The van der Waals surface area contributed by atoms with E-state index in [-0.39, 0.29) is 0 Å². The lowest BCUT2D eigenvalue weighted by Crippen LogP contribution is -2.38. The van der Waals surface area contributed by atoms with Crippen LogP contribution in [0, 0.1) is 0 Å². The summed E-state index contributed by atoms with van der Waals surface area (Å²) in [5.74, 6) is 0. The second-order valence-electron chi connectivity index (χ2n) is 13.6. The summed E-state index contributed by atoms with van der Waals surface area (Å²) < 4.78 is 39.2. The van der Waals surface area contributed by atoms with E-state index in [2.05, 4.69) is 20.8 Å². The van der Waals surface area contributed by atoms with Crippen molar-refractivity contribution in [3.63, 3.8) is 0 Å². The zero-order valence-corrected chi connectivity index (χ0v) is 32.0. The summed E-state index contributed by atoms with van der Waals surface area (Å²) in [5, 5.41) is 0. The Morgan fingerprint density at radius 2 is 0.509 bits per heavy atom. The van der Waals surface area contributed by atoms with Gasteiger partial charge in [-0.2, -0.15) is 0 Å². The second kappa shape index (κ2) is 17.5. The molecule has 0 aliphatic heterocycles. The minimum absolute atomic E-state index is 0.534. The van der Waals surface area contributed by atoms with Gasteiger partial charge in [-0.3, -0.25) is 13.6 Å².